The molecular weight excluding hydrogens is 302 g/mol. The Morgan fingerprint density at radius 3 is 2.50 bits per heavy atom. The fraction of sp³-hybridized carbons (Fsp3) is 0.722. The third kappa shape index (κ3) is 4.22. The number of anilines is 1. The Hall–Kier alpha value is -1.71. The van der Waals surface area contributed by atoms with Crippen LogP contribution in [0.15, 0.2) is 12.4 Å². The van der Waals surface area contributed by atoms with Crippen molar-refractivity contribution in [3.63, 3.8) is 0 Å². The molecule has 1 aromatic rings. The zero-order valence-corrected chi connectivity index (χ0v) is 14.7. The second-order valence-corrected chi connectivity index (χ2v) is 7.08. The monoisotopic (exact) mass is 329 g/mol. The Morgan fingerprint density at radius 2 is 1.83 bits per heavy atom. The van der Waals surface area contributed by atoms with Crippen LogP contribution in [0.2, 0.25) is 0 Å². The smallest absolute Gasteiger partial charge is 0.183 e. The van der Waals surface area contributed by atoms with Gasteiger partial charge in [-0.3, -0.25) is 4.90 Å². The summed E-state index contributed by atoms with van der Waals surface area (Å²) in [7, 11) is 0. The molecule has 2 fully saturated rings. The van der Waals surface area contributed by atoms with Crippen LogP contribution in [0, 0.1) is 17.2 Å². The number of aromatic nitrogens is 2. The summed E-state index contributed by atoms with van der Waals surface area (Å²) in [6.45, 7) is 9.52. The average Bonchev–Trinajstić information content (AvgIpc) is 2.59. The highest BCUT2D eigenvalue weighted by molar-refractivity contribution is 5.49. The fourth-order valence-electron chi connectivity index (χ4n) is 3.91. The standard InChI is InChI=1S/C18H27N5O/c1-14-12-22(13-15(2)24-14)8-3-16-4-9-23(10-5-16)18-17(11-19)20-6-7-21-18/h6-7,14-16H,3-5,8-10,12-13H2,1-2H3/t14-,15-/m0/s1. The number of ether oxygens (including phenoxy) is 1. The number of rotatable bonds is 4. The van der Waals surface area contributed by atoms with E-state index < -0.39 is 0 Å². The van der Waals surface area contributed by atoms with E-state index in [9.17, 15) is 5.26 Å². The number of hydrogen-bond acceptors (Lipinski definition) is 6. The molecule has 24 heavy (non-hydrogen) atoms. The lowest BCUT2D eigenvalue weighted by Crippen LogP contribution is -2.46. The summed E-state index contributed by atoms with van der Waals surface area (Å²) in [5, 5.41) is 9.18. The number of nitrogens with zero attached hydrogens (tertiary/aromatic N) is 5. The van der Waals surface area contributed by atoms with Gasteiger partial charge in [0.05, 0.1) is 12.2 Å². The third-order valence-corrected chi connectivity index (χ3v) is 5.05. The van der Waals surface area contributed by atoms with E-state index in [1.165, 1.54) is 6.42 Å². The lowest BCUT2D eigenvalue weighted by atomic mass is 9.93. The number of morpholine rings is 1. The summed E-state index contributed by atoms with van der Waals surface area (Å²) < 4.78 is 5.81. The molecule has 2 atom stereocenters. The molecule has 0 aromatic carbocycles. The van der Waals surface area contributed by atoms with Crippen LogP contribution in [0.4, 0.5) is 5.82 Å². The zero-order chi connectivity index (χ0) is 16.9. The number of hydrogen-bond donors (Lipinski definition) is 0. The Balaban J connectivity index is 1.46. The van der Waals surface area contributed by atoms with E-state index in [2.05, 4.69) is 39.7 Å². The summed E-state index contributed by atoms with van der Waals surface area (Å²) in [5.41, 5.74) is 0.437. The van der Waals surface area contributed by atoms with E-state index in [0.29, 0.717) is 17.9 Å². The Bertz CT molecular complexity index is 569. The van der Waals surface area contributed by atoms with Crippen LogP contribution in [0.3, 0.4) is 0 Å². The lowest BCUT2D eigenvalue weighted by Gasteiger charge is -2.37. The molecule has 130 valence electrons. The zero-order valence-electron chi connectivity index (χ0n) is 14.7. The summed E-state index contributed by atoms with van der Waals surface area (Å²) in [6.07, 6.45) is 7.52. The lowest BCUT2D eigenvalue weighted by molar-refractivity contribution is -0.0690. The van der Waals surface area contributed by atoms with Gasteiger partial charge < -0.3 is 9.64 Å². The van der Waals surface area contributed by atoms with Crippen LogP contribution in [-0.2, 0) is 4.74 Å². The Labute approximate surface area is 144 Å². The van der Waals surface area contributed by atoms with E-state index in [-0.39, 0.29) is 0 Å². The van der Waals surface area contributed by atoms with Crippen molar-refractivity contribution in [1.29, 1.82) is 5.26 Å². The van der Waals surface area contributed by atoms with Gasteiger partial charge in [0.1, 0.15) is 6.07 Å². The topological polar surface area (TPSA) is 65.3 Å². The first kappa shape index (κ1) is 17.1. The van der Waals surface area contributed by atoms with Gasteiger partial charge in [-0.1, -0.05) is 0 Å². The first-order valence-electron chi connectivity index (χ1n) is 8.99. The molecule has 0 radical (unpaired) electrons. The van der Waals surface area contributed by atoms with E-state index in [4.69, 9.17) is 4.74 Å². The highest BCUT2D eigenvalue weighted by atomic mass is 16.5. The number of piperidine rings is 1. The van der Waals surface area contributed by atoms with Crippen LogP contribution in [0.5, 0.6) is 0 Å². The summed E-state index contributed by atoms with van der Waals surface area (Å²) in [5.74, 6) is 1.51. The third-order valence-electron chi connectivity index (χ3n) is 5.05. The van der Waals surface area contributed by atoms with Crippen molar-refractivity contribution in [2.75, 3.05) is 37.6 Å². The van der Waals surface area contributed by atoms with Crippen molar-refractivity contribution < 1.29 is 4.74 Å². The van der Waals surface area contributed by atoms with Crippen LogP contribution < -0.4 is 4.90 Å². The highest BCUT2D eigenvalue weighted by Gasteiger charge is 2.25. The van der Waals surface area contributed by atoms with Gasteiger partial charge >= 0.3 is 0 Å². The highest BCUT2D eigenvalue weighted by Crippen LogP contribution is 2.25. The predicted octanol–water partition coefficient (Wildman–Crippen LogP) is 2.06. The van der Waals surface area contributed by atoms with E-state index >= 15 is 0 Å². The molecule has 3 heterocycles. The van der Waals surface area contributed by atoms with Crippen molar-refractivity contribution >= 4 is 5.82 Å². The molecule has 2 aliphatic rings. The van der Waals surface area contributed by atoms with Gasteiger partial charge in [0.15, 0.2) is 11.5 Å². The first-order valence-corrected chi connectivity index (χ1v) is 8.99. The second-order valence-electron chi connectivity index (χ2n) is 7.08. The molecule has 3 rings (SSSR count). The molecule has 2 saturated heterocycles. The van der Waals surface area contributed by atoms with Crippen molar-refractivity contribution in [1.82, 2.24) is 14.9 Å². The van der Waals surface area contributed by atoms with E-state index in [1.807, 2.05) is 0 Å². The molecule has 0 N–H and O–H groups in total. The minimum Gasteiger partial charge on any atom is -0.373 e. The molecule has 0 spiro atoms. The molecule has 0 aliphatic carbocycles. The van der Waals surface area contributed by atoms with Gasteiger partial charge in [0, 0.05) is 38.6 Å². The molecule has 6 nitrogen and oxygen atoms in total. The maximum Gasteiger partial charge on any atom is 0.183 e. The van der Waals surface area contributed by atoms with Crippen molar-refractivity contribution in [2.45, 2.75) is 45.3 Å². The van der Waals surface area contributed by atoms with Gasteiger partial charge in [-0.15, -0.1) is 0 Å². The Morgan fingerprint density at radius 1 is 1.17 bits per heavy atom. The Kier molecular flexibility index (Phi) is 5.64. The summed E-state index contributed by atoms with van der Waals surface area (Å²) in [6, 6.07) is 2.15. The minimum atomic E-state index is 0.344. The number of nitriles is 1. The molecule has 6 heteroatoms. The van der Waals surface area contributed by atoms with E-state index in [0.717, 1.165) is 57.3 Å². The molecule has 0 saturated carbocycles. The van der Waals surface area contributed by atoms with Crippen LogP contribution in [-0.4, -0.2) is 59.8 Å². The van der Waals surface area contributed by atoms with Gasteiger partial charge in [-0.05, 0) is 45.6 Å². The summed E-state index contributed by atoms with van der Waals surface area (Å²) >= 11 is 0. The van der Waals surface area contributed by atoms with Gasteiger partial charge in [-0.2, -0.15) is 5.26 Å². The quantitative estimate of drug-likeness (QED) is 0.842. The van der Waals surface area contributed by atoms with Gasteiger partial charge in [-0.25, -0.2) is 9.97 Å². The maximum atomic E-state index is 9.18. The molecule has 0 bridgehead atoms. The van der Waals surface area contributed by atoms with Crippen molar-refractivity contribution in [2.24, 2.45) is 5.92 Å². The van der Waals surface area contributed by atoms with Crippen LogP contribution in [0.25, 0.3) is 0 Å². The molecule has 0 amide bonds. The van der Waals surface area contributed by atoms with Gasteiger partial charge in [0.2, 0.25) is 0 Å². The predicted molar refractivity (Wildman–Crippen MR) is 92.8 cm³/mol. The van der Waals surface area contributed by atoms with Gasteiger partial charge in [0.25, 0.3) is 0 Å². The minimum absolute atomic E-state index is 0.344. The SMILES string of the molecule is C[C@H]1CN(CCC2CCN(c3nccnc3C#N)CC2)C[C@H](C)O1. The molecule has 1 aromatic heterocycles. The largest absolute Gasteiger partial charge is 0.373 e. The fourth-order valence-corrected chi connectivity index (χ4v) is 3.91. The van der Waals surface area contributed by atoms with E-state index in [1.54, 1.807) is 12.4 Å². The summed E-state index contributed by atoms with van der Waals surface area (Å²) in [4.78, 5) is 13.2. The molecular formula is C18H27N5O. The molecule has 0 unspecified atom stereocenters. The van der Waals surface area contributed by atoms with Crippen molar-refractivity contribution in [3.05, 3.63) is 18.1 Å². The van der Waals surface area contributed by atoms with Crippen LogP contribution >= 0.6 is 0 Å². The molecule has 2 aliphatic heterocycles. The van der Waals surface area contributed by atoms with Crippen LogP contribution in [0.1, 0.15) is 38.8 Å². The van der Waals surface area contributed by atoms with Crippen molar-refractivity contribution in [3.8, 4) is 6.07 Å². The normalized spacial score (nSPS) is 26.3. The average molecular weight is 329 g/mol. The second kappa shape index (κ2) is 7.91. The maximum absolute atomic E-state index is 9.18. The first-order chi connectivity index (χ1) is 11.7.